The number of benzene rings is 2. The summed E-state index contributed by atoms with van der Waals surface area (Å²) in [5.41, 5.74) is 1.93. The van der Waals surface area contributed by atoms with E-state index < -0.39 is 6.10 Å². The Morgan fingerprint density at radius 2 is 1.58 bits per heavy atom. The van der Waals surface area contributed by atoms with E-state index in [4.69, 9.17) is 25.8 Å². The fourth-order valence-electron chi connectivity index (χ4n) is 3.01. The van der Waals surface area contributed by atoms with Crippen molar-refractivity contribution in [2.45, 2.75) is 39.8 Å². The normalized spacial score (nSPS) is 11.6. The first-order chi connectivity index (χ1) is 15.0. The fraction of sp³-hybridized carbons (Fsp3) is 0.417. The van der Waals surface area contributed by atoms with E-state index in [0.29, 0.717) is 43.5 Å². The van der Waals surface area contributed by atoms with Crippen LogP contribution in [0.1, 0.15) is 31.9 Å². The van der Waals surface area contributed by atoms with Crippen LogP contribution in [0.4, 0.5) is 0 Å². The van der Waals surface area contributed by atoms with Gasteiger partial charge in [-0.15, -0.1) is 0 Å². The van der Waals surface area contributed by atoms with Gasteiger partial charge in [0.1, 0.15) is 5.75 Å². The molecule has 31 heavy (non-hydrogen) atoms. The zero-order valence-electron chi connectivity index (χ0n) is 18.3. The molecule has 1 atom stereocenters. The summed E-state index contributed by atoms with van der Waals surface area (Å²) in [6, 6.07) is 14.7. The molecule has 6 nitrogen and oxygen atoms in total. The third-order valence-electron chi connectivity index (χ3n) is 4.65. The van der Waals surface area contributed by atoms with Gasteiger partial charge in [-0.1, -0.05) is 35.9 Å². The third-order valence-corrected chi connectivity index (χ3v) is 4.90. The first kappa shape index (κ1) is 24.7. The van der Waals surface area contributed by atoms with E-state index in [2.05, 4.69) is 0 Å². The van der Waals surface area contributed by atoms with Crippen molar-refractivity contribution in [3.63, 3.8) is 0 Å². The number of hydrogen-bond acceptors (Lipinski definition) is 5. The van der Waals surface area contributed by atoms with Crippen LogP contribution in [0.2, 0.25) is 5.02 Å². The van der Waals surface area contributed by atoms with Crippen molar-refractivity contribution < 1.29 is 23.8 Å². The highest BCUT2D eigenvalue weighted by Crippen LogP contribution is 2.16. The molecule has 0 aromatic heterocycles. The maximum absolute atomic E-state index is 12.5. The predicted octanol–water partition coefficient (Wildman–Crippen LogP) is 4.28. The zero-order valence-corrected chi connectivity index (χ0v) is 19.1. The van der Waals surface area contributed by atoms with Gasteiger partial charge in [0, 0.05) is 31.1 Å². The smallest absolute Gasteiger partial charge is 0.335 e. The summed E-state index contributed by atoms with van der Waals surface area (Å²) in [7, 11) is 0. The Kier molecular flexibility index (Phi) is 10.3. The Labute approximate surface area is 189 Å². The topological polar surface area (TPSA) is 65.1 Å². The molecule has 168 valence electrons. The van der Waals surface area contributed by atoms with Crippen molar-refractivity contribution in [1.82, 2.24) is 4.90 Å². The summed E-state index contributed by atoms with van der Waals surface area (Å²) in [4.78, 5) is 26.3. The van der Waals surface area contributed by atoms with E-state index in [1.165, 1.54) is 0 Å². The van der Waals surface area contributed by atoms with E-state index in [-0.39, 0.29) is 18.5 Å². The maximum Gasteiger partial charge on any atom is 0.335 e. The number of likely N-dealkylation sites (N-methyl/N-ethyl adjacent to an activating group) is 1. The first-order valence-electron chi connectivity index (χ1n) is 10.5. The van der Waals surface area contributed by atoms with Crippen LogP contribution in [0, 0.1) is 0 Å². The highest BCUT2D eigenvalue weighted by molar-refractivity contribution is 6.30. The molecule has 0 heterocycles. The molecule has 0 aliphatic carbocycles. The van der Waals surface area contributed by atoms with Crippen molar-refractivity contribution in [2.75, 3.05) is 26.4 Å². The zero-order chi connectivity index (χ0) is 22.6. The van der Waals surface area contributed by atoms with Crippen LogP contribution in [0.5, 0.6) is 5.75 Å². The van der Waals surface area contributed by atoms with Gasteiger partial charge in [0.2, 0.25) is 0 Å². The van der Waals surface area contributed by atoms with Gasteiger partial charge in [0.05, 0.1) is 6.61 Å². The van der Waals surface area contributed by atoms with E-state index in [9.17, 15) is 9.59 Å². The number of carbonyl (C=O) groups excluding carboxylic acids is 2. The molecule has 2 aromatic rings. The van der Waals surface area contributed by atoms with Gasteiger partial charge in [-0.3, -0.25) is 4.79 Å². The number of rotatable bonds is 12. The van der Waals surface area contributed by atoms with Crippen LogP contribution < -0.4 is 4.74 Å². The number of hydrogen-bond donors (Lipinski definition) is 0. The predicted molar refractivity (Wildman–Crippen MR) is 120 cm³/mol. The molecule has 0 aliphatic rings. The Balaban J connectivity index is 1.89. The molecule has 1 amide bonds. The second-order valence-corrected chi connectivity index (χ2v) is 7.30. The summed E-state index contributed by atoms with van der Waals surface area (Å²) in [6.45, 7) is 7.31. The van der Waals surface area contributed by atoms with Crippen LogP contribution in [0.15, 0.2) is 48.5 Å². The summed E-state index contributed by atoms with van der Waals surface area (Å²) in [5, 5.41) is 0.666. The summed E-state index contributed by atoms with van der Waals surface area (Å²) in [5.74, 6) is 0.125. The molecule has 0 bridgehead atoms. The van der Waals surface area contributed by atoms with Gasteiger partial charge in [-0.2, -0.15) is 0 Å². The highest BCUT2D eigenvalue weighted by Gasteiger charge is 2.20. The molecule has 0 saturated carbocycles. The van der Waals surface area contributed by atoms with Crippen LogP contribution in [0.3, 0.4) is 0 Å². The minimum absolute atomic E-state index is 0.0504. The molecule has 0 radical (unpaired) electrons. The van der Waals surface area contributed by atoms with E-state index in [0.717, 1.165) is 11.1 Å². The van der Waals surface area contributed by atoms with Gasteiger partial charge < -0.3 is 19.1 Å². The van der Waals surface area contributed by atoms with Gasteiger partial charge in [-0.25, -0.2) is 4.79 Å². The summed E-state index contributed by atoms with van der Waals surface area (Å²) in [6.07, 6.45) is -0.222. The quantitative estimate of drug-likeness (QED) is 0.454. The van der Waals surface area contributed by atoms with E-state index in [1.54, 1.807) is 24.0 Å². The van der Waals surface area contributed by atoms with Crippen LogP contribution in [-0.4, -0.2) is 49.2 Å². The van der Waals surface area contributed by atoms with Gasteiger partial charge in [0.15, 0.2) is 12.7 Å². The van der Waals surface area contributed by atoms with Gasteiger partial charge >= 0.3 is 5.97 Å². The second-order valence-electron chi connectivity index (χ2n) is 6.87. The lowest BCUT2D eigenvalue weighted by molar-refractivity contribution is -0.156. The average Bonchev–Trinajstić information content (AvgIpc) is 2.77. The Hall–Kier alpha value is -2.57. The second kappa shape index (κ2) is 13.0. The summed E-state index contributed by atoms with van der Waals surface area (Å²) < 4.78 is 16.2. The number of halogens is 1. The Bertz CT molecular complexity index is 823. The minimum Gasteiger partial charge on any atom is -0.484 e. The molecule has 0 aliphatic heterocycles. The molecule has 7 heteroatoms. The van der Waals surface area contributed by atoms with Crippen molar-refractivity contribution in [3.05, 3.63) is 64.7 Å². The number of amides is 1. The number of ether oxygens (including phenoxy) is 3. The first-order valence-corrected chi connectivity index (χ1v) is 10.9. The molecule has 2 rings (SSSR count). The van der Waals surface area contributed by atoms with Crippen LogP contribution in [-0.2, 0) is 32.0 Å². The SMILES string of the molecule is CCOC(=O)[C@H](Cc1ccc(OCC(=O)N(CC)Cc2ccc(Cl)cc2)cc1)OCC. The number of esters is 1. The number of carbonyl (C=O) groups is 2. The van der Waals surface area contributed by atoms with Crippen molar-refractivity contribution >= 4 is 23.5 Å². The molecule has 0 saturated heterocycles. The number of nitrogens with zero attached hydrogens (tertiary/aromatic N) is 1. The lowest BCUT2D eigenvalue weighted by atomic mass is 10.1. The monoisotopic (exact) mass is 447 g/mol. The Morgan fingerprint density at radius 1 is 0.935 bits per heavy atom. The molecular formula is C24H30ClNO5. The third kappa shape index (κ3) is 8.23. The Morgan fingerprint density at radius 3 is 2.16 bits per heavy atom. The van der Waals surface area contributed by atoms with Gasteiger partial charge in [0.25, 0.3) is 5.91 Å². The maximum atomic E-state index is 12.5. The average molecular weight is 448 g/mol. The molecule has 0 N–H and O–H groups in total. The lowest BCUT2D eigenvalue weighted by Gasteiger charge is -2.21. The molecule has 0 spiro atoms. The summed E-state index contributed by atoms with van der Waals surface area (Å²) >= 11 is 5.92. The fourth-order valence-corrected chi connectivity index (χ4v) is 3.13. The van der Waals surface area contributed by atoms with Crippen molar-refractivity contribution in [2.24, 2.45) is 0 Å². The van der Waals surface area contributed by atoms with Crippen LogP contribution >= 0.6 is 11.6 Å². The molecule has 2 aromatic carbocycles. The molecule has 0 unspecified atom stereocenters. The van der Waals surface area contributed by atoms with E-state index in [1.807, 2.05) is 50.2 Å². The van der Waals surface area contributed by atoms with E-state index >= 15 is 0 Å². The largest absolute Gasteiger partial charge is 0.484 e. The molecule has 0 fully saturated rings. The van der Waals surface area contributed by atoms with Crippen molar-refractivity contribution in [1.29, 1.82) is 0 Å². The molecular weight excluding hydrogens is 418 g/mol. The van der Waals surface area contributed by atoms with Gasteiger partial charge in [-0.05, 0) is 56.2 Å². The minimum atomic E-state index is -0.635. The van der Waals surface area contributed by atoms with Crippen LogP contribution in [0.25, 0.3) is 0 Å². The lowest BCUT2D eigenvalue weighted by Crippen LogP contribution is -2.34. The highest BCUT2D eigenvalue weighted by atomic mass is 35.5. The standard InChI is InChI=1S/C24H30ClNO5/c1-4-26(16-19-7-11-20(25)12-8-19)23(27)17-31-21-13-9-18(10-14-21)15-22(29-5-2)24(28)30-6-3/h7-14,22H,4-6,15-17H2,1-3H3/t22-/m0/s1. The van der Waals surface area contributed by atoms with Crippen molar-refractivity contribution in [3.8, 4) is 5.75 Å².